The van der Waals surface area contributed by atoms with Crippen LogP contribution in [0, 0.1) is 0 Å². The van der Waals surface area contributed by atoms with Crippen molar-refractivity contribution in [3.05, 3.63) is 87.7 Å². The zero-order valence-electron chi connectivity index (χ0n) is 18.2. The van der Waals surface area contributed by atoms with Crippen LogP contribution >= 0.6 is 22.7 Å². The number of benzene rings is 2. The number of fused-ring (bicyclic) bond motifs is 2. The zero-order chi connectivity index (χ0) is 23.7. The van der Waals surface area contributed by atoms with Crippen molar-refractivity contribution in [1.29, 1.82) is 0 Å². The predicted molar refractivity (Wildman–Crippen MR) is 132 cm³/mol. The summed E-state index contributed by atoms with van der Waals surface area (Å²) in [5.41, 5.74) is 7.24. The first kappa shape index (κ1) is 21.7. The molecular formula is C23H19N7O2S2. The maximum Gasteiger partial charge on any atom is 0.290 e. The Kier molecular flexibility index (Phi) is 5.78. The summed E-state index contributed by atoms with van der Waals surface area (Å²) in [7, 11) is 3.76. The highest BCUT2D eigenvalue weighted by Gasteiger charge is 2.12. The van der Waals surface area contributed by atoms with Gasteiger partial charge in [0.1, 0.15) is 11.4 Å². The molecule has 0 aliphatic rings. The standard InChI is InChI=1S/C23H19N7O2S2/c1-29-16-10-3-5-12-18(16)33-22(29)27-25-20(31)14-8-7-9-15(24-14)21(32)26-28-23-30(2)17-11-4-6-13-19(17)34-23/h3-13H,1-2H3,(H,25,31)(H,26,32)/b27-22-,28-23-. The molecule has 2 amide bonds. The van der Waals surface area contributed by atoms with E-state index >= 15 is 0 Å². The molecule has 0 bridgehead atoms. The van der Waals surface area contributed by atoms with Crippen LogP contribution < -0.4 is 20.5 Å². The van der Waals surface area contributed by atoms with Gasteiger partial charge >= 0.3 is 0 Å². The van der Waals surface area contributed by atoms with Gasteiger partial charge in [0.15, 0.2) is 0 Å². The van der Waals surface area contributed by atoms with E-state index in [1.54, 1.807) is 6.07 Å². The first-order chi connectivity index (χ1) is 16.5. The Morgan fingerprint density at radius 2 is 1.15 bits per heavy atom. The maximum absolute atomic E-state index is 12.6. The fourth-order valence-corrected chi connectivity index (χ4v) is 5.33. The van der Waals surface area contributed by atoms with Crippen molar-refractivity contribution in [1.82, 2.24) is 25.0 Å². The van der Waals surface area contributed by atoms with E-state index in [-0.39, 0.29) is 11.4 Å². The van der Waals surface area contributed by atoms with Crippen LogP contribution in [-0.2, 0) is 14.1 Å². The largest absolute Gasteiger partial charge is 0.318 e. The molecule has 0 radical (unpaired) electrons. The highest BCUT2D eigenvalue weighted by Crippen LogP contribution is 2.16. The van der Waals surface area contributed by atoms with E-state index in [0.29, 0.717) is 9.60 Å². The van der Waals surface area contributed by atoms with E-state index in [9.17, 15) is 9.59 Å². The first-order valence-corrected chi connectivity index (χ1v) is 11.9. The third-order valence-electron chi connectivity index (χ3n) is 5.15. The molecule has 2 aromatic carbocycles. The van der Waals surface area contributed by atoms with Gasteiger partial charge in [-0.3, -0.25) is 9.59 Å². The second-order valence-electron chi connectivity index (χ2n) is 7.34. The Morgan fingerprint density at radius 3 is 1.59 bits per heavy atom. The first-order valence-electron chi connectivity index (χ1n) is 10.3. The van der Waals surface area contributed by atoms with Crippen LogP contribution in [0.15, 0.2) is 76.9 Å². The molecular weight excluding hydrogens is 470 g/mol. The molecule has 9 nitrogen and oxygen atoms in total. The normalized spacial score (nSPS) is 12.4. The fourth-order valence-electron chi connectivity index (χ4n) is 3.38. The van der Waals surface area contributed by atoms with Crippen LogP contribution in [0.2, 0.25) is 0 Å². The number of amides is 2. The second-order valence-corrected chi connectivity index (χ2v) is 9.35. The molecule has 34 heavy (non-hydrogen) atoms. The number of hydrogen-bond donors (Lipinski definition) is 2. The molecule has 2 N–H and O–H groups in total. The third kappa shape index (κ3) is 4.14. The number of carbonyl (C=O) groups is 2. The van der Waals surface area contributed by atoms with Gasteiger partial charge < -0.3 is 9.13 Å². The monoisotopic (exact) mass is 489 g/mol. The van der Waals surface area contributed by atoms with Crippen molar-refractivity contribution in [3.63, 3.8) is 0 Å². The lowest BCUT2D eigenvalue weighted by Crippen LogP contribution is -2.26. The number of nitrogens with zero attached hydrogens (tertiary/aromatic N) is 5. The number of carbonyl (C=O) groups excluding carboxylic acids is 2. The Balaban J connectivity index is 1.34. The summed E-state index contributed by atoms with van der Waals surface area (Å²) in [6.07, 6.45) is 0. The van der Waals surface area contributed by atoms with Crippen LogP contribution in [0.1, 0.15) is 21.0 Å². The smallest absolute Gasteiger partial charge is 0.290 e. The van der Waals surface area contributed by atoms with Crippen LogP contribution in [0.3, 0.4) is 0 Å². The molecule has 0 fully saturated rings. The number of nitrogens with one attached hydrogen (secondary N) is 2. The lowest BCUT2D eigenvalue weighted by molar-refractivity contribution is 0.0943. The Labute approximate surface area is 201 Å². The summed E-state index contributed by atoms with van der Waals surface area (Å²) in [4.78, 5) is 30.7. The predicted octanol–water partition coefficient (Wildman–Crippen LogP) is 2.68. The third-order valence-corrected chi connectivity index (χ3v) is 7.38. The van der Waals surface area contributed by atoms with Crippen molar-refractivity contribution >= 4 is 54.9 Å². The summed E-state index contributed by atoms with van der Waals surface area (Å²) in [5.74, 6) is -1.03. The highest BCUT2D eigenvalue weighted by molar-refractivity contribution is 7.16. The van der Waals surface area contributed by atoms with E-state index in [1.165, 1.54) is 34.8 Å². The van der Waals surface area contributed by atoms with Crippen LogP contribution in [-0.4, -0.2) is 25.9 Å². The molecule has 170 valence electrons. The number of rotatable bonds is 4. The van der Waals surface area contributed by atoms with Crippen LogP contribution in [0.5, 0.6) is 0 Å². The average Bonchev–Trinajstić information content (AvgIpc) is 3.37. The number of thiazole rings is 2. The van der Waals surface area contributed by atoms with Crippen molar-refractivity contribution in [2.75, 3.05) is 0 Å². The molecule has 0 aliphatic carbocycles. The average molecular weight is 490 g/mol. The molecule has 0 saturated heterocycles. The summed E-state index contributed by atoms with van der Waals surface area (Å²) in [6, 6.07) is 20.4. The number of para-hydroxylation sites is 2. The molecule has 0 unspecified atom stereocenters. The zero-order valence-corrected chi connectivity index (χ0v) is 19.9. The molecule has 11 heteroatoms. The van der Waals surface area contributed by atoms with Crippen molar-refractivity contribution < 1.29 is 9.59 Å². The van der Waals surface area contributed by atoms with Crippen LogP contribution in [0.4, 0.5) is 0 Å². The van der Waals surface area contributed by atoms with E-state index in [0.717, 1.165) is 20.4 Å². The van der Waals surface area contributed by atoms with Gasteiger partial charge in [0.2, 0.25) is 9.60 Å². The fraction of sp³-hybridized carbons (Fsp3) is 0.0870. The van der Waals surface area contributed by atoms with E-state index < -0.39 is 11.8 Å². The van der Waals surface area contributed by atoms with Gasteiger partial charge in [0.05, 0.1) is 20.4 Å². The topological polar surface area (TPSA) is 106 Å². The summed E-state index contributed by atoms with van der Waals surface area (Å²) < 4.78 is 5.91. The molecule has 3 aromatic heterocycles. The van der Waals surface area contributed by atoms with E-state index in [4.69, 9.17) is 0 Å². The minimum Gasteiger partial charge on any atom is -0.318 e. The molecule has 0 atom stereocenters. The minimum atomic E-state index is -0.514. The van der Waals surface area contributed by atoms with Gasteiger partial charge in [-0.15, -0.1) is 10.2 Å². The SMILES string of the molecule is Cn1/c(=N/NC(=O)c2cccc(C(=O)N/N=c3\sc4ccccc4n3C)n2)sc2ccccc21. The number of hydrogen-bond acceptors (Lipinski definition) is 7. The highest BCUT2D eigenvalue weighted by atomic mass is 32.1. The van der Waals surface area contributed by atoms with Crippen molar-refractivity contribution in [3.8, 4) is 0 Å². The Morgan fingerprint density at radius 1 is 0.706 bits per heavy atom. The van der Waals surface area contributed by atoms with Crippen molar-refractivity contribution in [2.45, 2.75) is 0 Å². The molecule has 0 spiro atoms. The van der Waals surface area contributed by atoms with Gasteiger partial charge in [-0.05, 0) is 36.4 Å². The molecule has 0 aliphatic heterocycles. The number of pyridine rings is 1. The summed E-state index contributed by atoms with van der Waals surface area (Å²) in [5, 5.41) is 8.44. The van der Waals surface area contributed by atoms with Gasteiger partial charge in [-0.25, -0.2) is 15.8 Å². The van der Waals surface area contributed by atoms with E-state index in [2.05, 4.69) is 26.0 Å². The molecule has 0 saturated carbocycles. The van der Waals surface area contributed by atoms with Gasteiger partial charge in [0.25, 0.3) is 11.8 Å². The minimum absolute atomic E-state index is 0.0765. The number of aryl methyl sites for hydroxylation is 2. The van der Waals surface area contributed by atoms with Crippen molar-refractivity contribution in [2.24, 2.45) is 24.3 Å². The lowest BCUT2D eigenvalue weighted by Gasteiger charge is -2.02. The van der Waals surface area contributed by atoms with Crippen LogP contribution in [0.25, 0.3) is 20.4 Å². The quantitative estimate of drug-likeness (QED) is 0.379. The Bertz CT molecular complexity index is 1570. The second kappa shape index (κ2) is 9.04. The summed E-state index contributed by atoms with van der Waals surface area (Å²) >= 11 is 2.92. The Hall–Kier alpha value is -4.09. The maximum atomic E-state index is 12.6. The molecule has 5 rings (SSSR count). The summed E-state index contributed by atoms with van der Waals surface area (Å²) in [6.45, 7) is 0. The van der Waals surface area contributed by atoms with E-state index in [1.807, 2.05) is 71.8 Å². The molecule has 3 heterocycles. The molecule has 5 aromatic rings. The van der Waals surface area contributed by atoms with Gasteiger partial charge in [-0.2, -0.15) is 0 Å². The van der Waals surface area contributed by atoms with Gasteiger partial charge in [-0.1, -0.05) is 53.0 Å². The lowest BCUT2D eigenvalue weighted by atomic mass is 10.3. The van der Waals surface area contributed by atoms with Gasteiger partial charge in [0, 0.05) is 14.1 Å². The number of aromatic nitrogens is 3.